The van der Waals surface area contributed by atoms with Crippen molar-refractivity contribution in [3.8, 4) is 0 Å². The Kier molecular flexibility index (Phi) is 8.50. The van der Waals surface area contributed by atoms with E-state index in [9.17, 15) is 39.5 Å². The van der Waals surface area contributed by atoms with Gasteiger partial charge < -0.3 is 15.5 Å². The first-order chi connectivity index (χ1) is 20.5. The summed E-state index contributed by atoms with van der Waals surface area (Å²) in [4.78, 5) is 3.79. The Morgan fingerprint density at radius 1 is 0.886 bits per heavy atom. The van der Waals surface area contributed by atoms with Crippen LogP contribution in [0.5, 0.6) is 0 Å². The Morgan fingerprint density at radius 3 is 2.11 bits per heavy atom. The van der Waals surface area contributed by atoms with Crippen molar-refractivity contribution in [1.82, 2.24) is 20.2 Å². The van der Waals surface area contributed by atoms with Gasteiger partial charge in [-0.25, -0.2) is 0 Å². The molecule has 7 nitrogen and oxygen atoms in total. The number of nitrogens with two attached hydrogens (primary N) is 1. The van der Waals surface area contributed by atoms with Crippen molar-refractivity contribution in [3.05, 3.63) is 64.2 Å². The lowest BCUT2D eigenvalue weighted by molar-refractivity contribution is -0.150. The molecule has 0 saturated heterocycles. The van der Waals surface area contributed by atoms with Crippen molar-refractivity contribution in [2.45, 2.75) is 76.3 Å². The summed E-state index contributed by atoms with van der Waals surface area (Å²) < 4.78 is 126. The van der Waals surface area contributed by atoms with E-state index in [2.05, 4.69) is 15.4 Å². The van der Waals surface area contributed by atoms with Crippen LogP contribution in [-0.2, 0) is 25.4 Å². The molecule has 1 saturated carbocycles. The maximum absolute atomic E-state index is 14.5. The highest BCUT2D eigenvalue weighted by molar-refractivity contribution is 5.60. The summed E-state index contributed by atoms with van der Waals surface area (Å²) in [5, 5.41) is 12.1. The van der Waals surface area contributed by atoms with Crippen LogP contribution >= 0.6 is 0 Å². The summed E-state index contributed by atoms with van der Waals surface area (Å²) in [7, 11) is 0. The first-order valence-corrected chi connectivity index (χ1v) is 14.0. The minimum Gasteiger partial charge on any atom is -0.359 e. The molecule has 1 unspecified atom stereocenters. The van der Waals surface area contributed by atoms with Crippen molar-refractivity contribution >= 4 is 11.6 Å². The molecule has 1 fully saturated rings. The number of anilines is 2. The molecule has 1 aliphatic carbocycles. The molecule has 16 heteroatoms. The summed E-state index contributed by atoms with van der Waals surface area (Å²) >= 11 is 0. The number of benzene rings is 2. The largest absolute Gasteiger partial charge is 0.416 e. The van der Waals surface area contributed by atoms with Gasteiger partial charge in [0.1, 0.15) is 6.04 Å². The average Bonchev–Trinajstić information content (AvgIpc) is 3.65. The Balaban J connectivity index is 1.66. The number of nitrogens with zero attached hydrogens (tertiary/aromatic N) is 6. The van der Waals surface area contributed by atoms with Crippen molar-refractivity contribution in [2.24, 2.45) is 11.7 Å². The highest BCUT2D eigenvalue weighted by Crippen LogP contribution is 2.46. The summed E-state index contributed by atoms with van der Waals surface area (Å²) in [6.07, 6.45) is -13.7. The number of alkyl halides is 9. The molecule has 2 N–H and O–H groups in total. The maximum atomic E-state index is 14.5. The fourth-order valence-electron chi connectivity index (χ4n) is 5.65. The van der Waals surface area contributed by atoms with Crippen LogP contribution in [0.15, 0.2) is 36.4 Å². The van der Waals surface area contributed by atoms with Gasteiger partial charge in [0.15, 0.2) is 0 Å². The van der Waals surface area contributed by atoms with Gasteiger partial charge in [0.2, 0.25) is 0 Å². The van der Waals surface area contributed by atoms with Gasteiger partial charge in [-0.1, -0.05) is 22.8 Å². The quantitative estimate of drug-likeness (QED) is 0.279. The maximum Gasteiger partial charge on any atom is 0.416 e. The van der Waals surface area contributed by atoms with Gasteiger partial charge in [0, 0.05) is 25.3 Å². The van der Waals surface area contributed by atoms with Crippen LogP contribution in [0.25, 0.3) is 0 Å². The molecule has 2 aliphatic rings. The molecule has 0 amide bonds. The van der Waals surface area contributed by atoms with Crippen LogP contribution in [0.1, 0.15) is 59.5 Å². The molecule has 1 aromatic heterocycles. The second kappa shape index (κ2) is 11.7. The summed E-state index contributed by atoms with van der Waals surface area (Å²) in [5.74, 6) is -0.0774. The van der Waals surface area contributed by atoms with E-state index in [4.69, 9.17) is 5.73 Å². The monoisotopic (exact) mass is 635 g/mol. The minimum absolute atomic E-state index is 0.0254. The van der Waals surface area contributed by atoms with Gasteiger partial charge in [-0.15, -0.1) is 5.10 Å². The number of hydrogen-bond acceptors (Lipinski definition) is 6. The molecular weight excluding hydrogens is 605 g/mol. The average molecular weight is 636 g/mol. The lowest BCUT2D eigenvalue weighted by atomic mass is 9.96. The lowest BCUT2D eigenvalue weighted by Crippen LogP contribution is -2.46. The molecule has 2 heterocycles. The number of aromatic nitrogens is 4. The van der Waals surface area contributed by atoms with Crippen molar-refractivity contribution < 1.29 is 39.5 Å². The van der Waals surface area contributed by atoms with Crippen molar-refractivity contribution in [1.29, 1.82) is 0 Å². The predicted molar refractivity (Wildman–Crippen MR) is 143 cm³/mol. The zero-order chi connectivity index (χ0) is 32.0. The lowest BCUT2D eigenvalue weighted by Gasteiger charge is -2.35. The molecule has 5 rings (SSSR count). The third-order valence-corrected chi connectivity index (χ3v) is 7.88. The zero-order valence-corrected chi connectivity index (χ0v) is 23.5. The van der Waals surface area contributed by atoms with Crippen LogP contribution in [0.3, 0.4) is 0 Å². The molecule has 2 aromatic carbocycles. The smallest absolute Gasteiger partial charge is 0.359 e. The van der Waals surface area contributed by atoms with Gasteiger partial charge in [0.25, 0.3) is 5.95 Å². The first kappa shape index (κ1) is 31.9. The summed E-state index contributed by atoms with van der Waals surface area (Å²) in [6, 6.07) is 3.39. The van der Waals surface area contributed by atoms with Crippen LogP contribution in [-0.4, -0.2) is 45.5 Å². The standard InChI is InChI=1S/C28H30F9N7/c1-16-2-5-22-21(10-16)23(6-7-24(28(35,36)37)42(22)14-17-3-4-17)43(25-39-41-44(40-25)9-8-38)15-18-11-19(26(29,30)31)13-20(12-18)27(32,33)34/h2,5,10-13,17,23-24H,3-4,6-9,14-15,38H2,1H3/t23?,24-/m0/s1. The number of aryl methyl sites for hydroxylation is 1. The third-order valence-electron chi connectivity index (χ3n) is 7.88. The Hall–Kier alpha value is -3.56. The van der Waals surface area contributed by atoms with E-state index in [0.717, 1.165) is 17.6 Å². The Labute approximate surface area is 246 Å². The highest BCUT2D eigenvalue weighted by atomic mass is 19.4. The first-order valence-electron chi connectivity index (χ1n) is 14.0. The van der Waals surface area contributed by atoms with E-state index in [0.29, 0.717) is 28.9 Å². The fraction of sp³-hybridized carbons (Fsp3) is 0.536. The molecule has 44 heavy (non-hydrogen) atoms. The highest BCUT2D eigenvalue weighted by Gasteiger charge is 2.48. The van der Waals surface area contributed by atoms with Crippen LogP contribution in [0.4, 0.5) is 51.1 Å². The van der Waals surface area contributed by atoms with E-state index in [-0.39, 0.29) is 56.0 Å². The topological polar surface area (TPSA) is 76.1 Å². The van der Waals surface area contributed by atoms with E-state index in [1.54, 1.807) is 25.1 Å². The number of tetrazole rings is 1. The Morgan fingerprint density at radius 2 is 1.55 bits per heavy atom. The van der Waals surface area contributed by atoms with E-state index >= 15 is 0 Å². The number of halogens is 9. The van der Waals surface area contributed by atoms with Gasteiger partial charge in [-0.05, 0) is 79.1 Å². The van der Waals surface area contributed by atoms with Crippen LogP contribution < -0.4 is 15.5 Å². The van der Waals surface area contributed by atoms with Crippen LogP contribution in [0.2, 0.25) is 0 Å². The van der Waals surface area contributed by atoms with E-state index in [1.807, 2.05) is 0 Å². The van der Waals surface area contributed by atoms with Crippen molar-refractivity contribution in [3.63, 3.8) is 0 Å². The molecule has 1 aliphatic heterocycles. The number of fused-ring (bicyclic) bond motifs is 1. The van der Waals surface area contributed by atoms with E-state index in [1.165, 1.54) is 9.80 Å². The molecule has 0 radical (unpaired) electrons. The Bertz CT molecular complexity index is 1430. The molecular formula is C28H30F9N7. The molecule has 2 atom stereocenters. The van der Waals surface area contributed by atoms with Crippen LogP contribution in [0, 0.1) is 12.8 Å². The summed E-state index contributed by atoms with van der Waals surface area (Å²) in [5.41, 5.74) is 3.64. The minimum atomic E-state index is -5.08. The molecule has 0 bridgehead atoms. The van der Waals surface area contributed by atoms with Gasteiger partial charge in [-0.3, -0.25) is 0 Å². The SMILES string of the molecule is Cc1ccc2c(c1)C(N(Cc1cc(C(F)(F)F)cc(C(F)(F)F)c1)c1nnn(CCN)n1)CC[C@@H](C(F)(F)F)N2CC1CC1. The normalized spacial score (nSPS) is 19.6. The van der Waals surface area contributed by atoms with E-state index < -0.39 is 48.3 Å². The van der Waals surface area contributed by atoms with Gasteiger partial charge in [0.05, 0.1) is 23.7 Å². The molecule has 240 valence electrons. The third kappa shape index (κ3) is 7.05. The fourth-order valence-corrected chi connectivity index (χ4v) is 5.65. The van der Waals surface area contributed by atoms with Gasteiger partial charge in [-0.2, -0.15) is 44.3 Å². The number of hydrogen-bond donors (Lipinski definition) is 1. The zero-order valence-electron chi connectivity index (χ0n) is 23.5. The summed E-state index contributed by atoms with van der Waals surface area (Å²) in [6.45, 7) is 1.55. The second-order valence-electron chi connectivity index (χ2n) is 11.3. The van der Waals surface area contributed by atoms with Gasteiger partial charge >= 0.3 is 18.5 Å². The number of rotatable bonds is 8. The van der Waals surface area contributed by atoms with Crippen molar-refractivity contribution in [2.75, 3.05) is 22.9 Å². The second-order valence-corrected chi connectivity index (χ2v) is 11.3. The molecule has 3 aromatic rings. The predicted octanol–water partition coefficient (Wildman–Crippen LogP) is 6.67. The molecule has 0 spiro atoms.